The Bertz CT molecular complexity index is 1700. The zero-order valence-electron chi connectivity index (χ0n) is 22.2. The van der Waals surface area contributed by atoms with Crippen LogP contribution in [0.15, 0.2) is 102 Å². The van der Waals surface area contributed by atoms with E-state index in [2.05, 4.69) is 22.7 Å². The van der Waals surface area contributed by atoms with Crippen molar-refractivity contribution >= 4 is 29.6 Å². The molecule has 1 fully saturated rings. The Labute approximate surface area is 232 Å². The predicted octanol–water partition coefficient (Wildman–Crippen LogP) is 5.27. The highest BCUT2D eigenvalue weighted by Gasteiger charge is 2.68. The molecule has 4 aromatic rings. The minimum absolute atomic E-state index is 0.193. The fraction of sp³-hybridized carbons (Fsp3) is 0.176. The lowest BCUT2D eigenvalue weighted by molar-refractivity contribution is -0.122. The Balaban J connectivity index is 1.42. The van der Waals surface area contributed by atoms with E-state index in [4.69, 9.17) is 0 Å². The molecule has 6 heteroatoms. The van der Waals surface area contributed by atoms with Crippen LogP contribution in [0.2, 0.25) is 0 Å². The van der Waals surface area contributed by atoms with E-state index in [0.29, 0.717) is 11.3 Å². The van der Waals surface area contributed by atoms with Crippen LogP contribution in [0.3, 0.4) is 0 Å². The number of hydrazone groups is 1. The minimum atomic E-state index is -1.03. The van der Waals surface area contributed by atoms with Gasteiger partial charge in [-0.25, -0.2) is 10.3 Å². The molecule has 0 unspecified atom stereocenters. The van der Waals surface area contributed by atoms with E-state index in [1.54, 1.807) is 30.5 Å². The van der Waals surface area contributed by atoms with E-state index < -0.39 is 17.3 Å². The molecule has 0 aromatic heterocycles. The number of nitrogens with zero attached hydrogens (tertiary/aromatic N) is 2. The predicted molar refractivity (Wildman–Crippen MR) is 153 cm³/mol. The highest BCUT2D eigenvalue weighted by Crippen LogP contribution is 2.63. The van der Waals surface area contributed by atoms with E-state index in [1.165, 1.54) is 4.90 Å². The van der Waals surface area contributed by atoms with Gasteiger partial charge in [0.15, 0.2) is 0 Å². The number of hydrogen-bond donors (Lipinski definition) is 1. The summed E-state index contributed by atoms with van der Waals surface area (Å²) in [4.78, 5) is 43.0. The van der Waals surface area contributed by atoms with Gasteiger partial charge in [-0.1, -0.05) is 84.4 Å². The number of nitrogens with one attached hydrogen (secondary N) is 1. The van der Waals surface area contributed by atoms with Gasteiger partial charge in [-0.05, 0) is 59.9 Å². The van der Waals surface area contributed by atoms with Crippen molar-refractivity contribution in [3.63, 3.8) is 0 Å². The summed E-state index contributed by atoms with van der Waals surface area (Å²) in [5.74, 6) is -2.32. The van der Waals surface area contributed by atoms with Gasteiger partial charge in [-0.15, -0.1) is 0 Å². The molecule has 40 heavy (non-hydrogen) atoms. The first-order chi connectivity index (χ1) is 19.4. The molecule has 1 saturated heterocycles. The van der Waals surface area contributed by atoms with Crippen LogP contribution >= 0.6 is 0 Å². The smallest absolute Gasteiger partial charge is 0.271 e. The summed E-state index contributed by atoms with van der Waals surface area (Å²) in [7, 11) is 0. The van der Waals surface area contributed by atoms with Crippen LogP contribution in [0, 0.1) is 25.7 Å². The van der Waals surface area contributed by atoms with Gasteiger partial charge in [0.25, 0.3) is 5.91 Å². The molecule has 1 heterocycles. The van der Waals surface area contributed by atoms with Crippen LogP contribution in [0.25, 0.3) is 0 Å². The number of carbonyl (C=O) groups is 3. The molecule has 4 aromatic carbocycles. The molecule has 0 spiro atoms. The van der Waals surface area contributed by atoms with Crippen LogP contribution in [0.5, 0.6) is 0 Å². The van der Waals surface area contributed by atoms with Gasteiger partial charge in [0.1, 0.15) is 0 Å². The second kappa shape index (κ2) is 8.85. The molecule has 1 aliphatic heterocycles. The number of aryl methyl sites for hydroxylation is 2. The van der Waals surface area contributed by atoms with Crippen molar-refractivity contribution < 1.29 is 14.4 Å². The highest BCUT2D eigenvalue weighted by atomic mass is 16.2. The average molecular weight is 526 g/mol. The first kappa shape index (κ1) is 24.2. The number of benzene rings is 4. The molecule has 6 nitrogen and oxygen atoms in total. The monoisotopic (exact) mass is 525 g/mol. The molecule has 0 radical (unpaired) electrons. The molecule has 4 aliphatic rings. The zero-order valence-corrected chi connectivity index (χ0v) is 22.2. The van der Waals surface area contributed by atoms with Crippen LogP contribution in [0.4, 0.5) is 5.69 Å². The van der Waals surface area contributed by atoms with Crippen molar-refractivity contribution in [1.29, 1.82) is 0 Å². The van der Waals surface area contributed by atoms with E-state index >= 15 is 0 Å². The van der Waals surface area contributed by atoms with Gasteiger partial charge in [0, 0.05) is 17.7 Å². The number of hydrogen-bond acceptors (Lipinski definition) is 4. The number of rotatable bonds is 4. The van der Waals surface area contributed by atoms with Crippen molar-refractivity contribution in [3.8, 4) is 0 Å². The SMILES string of the molecule is Cc1ccc(N2C(=O)[C@H]3C4c5ccccc5C(/C=N\NC(=O)c5ccccc5)(c5ccccc54)[C@H]3C2=O)c(C)c1. The molecule has 2 bridgehead atoms. The number of amides is 3. The number of anilines is 1. The van der Waals surface area contributed by atoms with Crippen LogP contribution < -0.4 is 10.3 Å². The first-order valence-corrected chi connectivity index (χ1v) is 13.5. The normalized spacial score (nSPS) is 24.1. The zero-order chi connectivity index (χ0) is 27.6. The van der Waals surface area contributed by atoms with Gasteiger partial charge in [0.2, 0.25) is 11.8 Å². The van der Waals surface area contributed by atoms with Crippen LogP contribution in [-0.4, -0.2) is 23.9 Å². The van der Waals surface area contributed by atoms with Gasteiger partial charge < -0.3 is 0 Å². The van der Waals surface area contributed by atoms with Crippen LogP contribution in [0.1, 0.15) is 49.7 Å². The fourth-order valence-corrected chi connectivity index (χ4v) is 7.19. The maximum Gasteiger partial charge on any atom is 0.271 e. The Morgan fingerprint density at radius 3 is 2.10 bits per heavy atom. The summed E-state index contributed by atoms with van der Waals surface area (Å²) in [5, 5.41) is 4.48. The van der Waals surface area contributed by atoms with E-state index in [-0.39, 0.29) is 23.6 Å². The third-order valence-corrected chi connectivity index (χ3v) is 8.75. The van der Waals surface area contributed by atoms with Crippen molar-refractivity contribution in [3.05, 3.63) is 136 Å². The average Bonchev–Trinajstić information content (AvgIpc) is 3.24. The van der Waals surface area contributed by atoms with Gasteiger partial charge in [-0.2, -0.15) is 5.10 Å². The van der Waals surface area contributed by atoms with Crippen molar-refractivity contribution in [2.45, 2.75) is 25.2 Å². The molecular formula is C34H27N3O3. The molecule has 196 valence electrons. The maximum absolute atomic E-state index is 14.5. The molecule has 2 atom stereocenters. The summed E-state index contributed by atoms with van der Waals surface area (Å²) in [6.07, 6.45) is 1.69. The lowest BCUT2D eigenvalue weighted by atomic mass is 9.47. The van der Waals surface area contributed by atoms with Gasteiger partial charge >= 0.3 is 0 Å². The minimum Gasteiger partial charge on any atom is -0.274 e. The Kier molecular flexibility index (Phi) is 5.36. The molecule has 0 saturated carbocycles. The lowest BCUT2D eigenvalue weighted by Crippen LogP contribution is -2.54. The van der Waals surface area contributed by atoms with Crippen molar-refractivity contribution in [2.75, 3.05) is 4.90 Å². The summed E-state index contributed by atoms with van der Waals surface area (Å²) in [6.45, 7) is 3.92. The van der Waals surface area contributed by atoms with Crippen molar-refractivity contribution in [1.82, 2.24) is 5.43 Å². The van der Waals surface area contributed by atoms with Crippen molar-refractivity contribution in [2.24, 2.45) is 16.9 Å². The molecule has 1 N–H and O–H groups in total. The summed E-state index contributed by atoms with van der Waals surface area (Å²) >= 11 is 0. The third-order valence-electron chi connectivity index (χ3n) is 8.75. The highest BCUT2D eigenvalue weighted by molar-refractivity contribution is 6.25. The standard InChI is InChI=1S/C34H27N3O3/c1-20-16-17-27(21(2)18-20)37-32(39)29-28-23-12-6-8-14-25(23)34(30(29)33(37)40,26-15-9-7-13-24(26)28)19-35-36-31(38)22-10-4-3-5-11-22/h3-19,28-30H,1-2H3,(H,36,38)/b35-19-/t28?,29-,30+,34?/m0/s1. The van der Waals surface area contributed by atoms with E-state index in [9.17, 15) is 14.4 Å². The quantitative estimate of drug-likeness (QED) is 0.224. The lowest BCUT2D eigenvalue weighted by Gasteiger charge is -2.52. The van der Waals surface area contributed by atoms with Gasteiger partial charge in [-0.3, -0.25) is 14.4 Å². The third kappa shape index (κ3) is 3.22. The largest absolute Gasteiger partial charge is 0.274 e. The Morgan fingerprint density at radius 1 is 0.825 bits per heavy atom. The second-order valence-corrected chi connectivity index (χ2v) is 10.9. The Morgan fingerprint density at radius 2 is 1.45 bits per heavy atom. The maximum atomic E-state index is 14.5. The molecule has 3 aliphatic carbocycles. The fourth-order valence-electron chi connectivity index (χ4n) is 7.19. The molecule has 8 rings (SSSR count). The summed E-state index contributed by atoms with van der Waals surface area (Å²) in [6, 6.07) is 30.7. The Hall–Kier alpha value is -4.84. The molecule has 3 amide bonds. The van der Waals surface area contributed by atoms with Crippen LogP contribution in [-0.2, 0) is 15.0 Å². The number of carbonyl (C=O) groups excluding carboxylic acids is 3. The topological polar surface area (TPSA) is 78.8 Å². The van der Waals surface area contributed by atoms with Gasteiger partial charge in [0.05, 0.1) is 22.9 Å². The van der Waals surface area contributed by atoms with E-state index in [1.807, 2.05) is 74.5 Å². The summed E-state index contributed by atoms with van der Waals surface area (Å²) in [5.41, 5.74) is 8.61. The molecular weight excluding hydrogens is 498 g/mol. The second-order valence-electron chi connectivity index (χ2n) is 10.9. The number of imide groups is 1. The first-order valence-electron chi connectivity index (χ1n) is 13.5. The summed E-state index contributed by atoms with van der Waals surface area (Å²) < 4.78 is 0. The van der Waals surface area contributed by atoms with E-state index in [0.717, 1.165) is 33.4 Å².